The molecule has 0 radical (unpaired) electrons. The van der Waals surface area contributed by atoms with E-state index in [4.69, 9.17) is 5.26 Å². The Balaban J connectivity index is 2.02. The zero-order valence-corrected chi connectivity index (χ0v) is 13.1. The van der Waals surface area contributed by atoms with Gasteiger partial charge in [-0.2, -0.15) is 5.26 Å². The van der Waals surface area contributed by atoms with E-state index in [0.717, 1.165) is 11.3 Å². The third kappa shape index (κ3) is 2.87. The number of nitrogens with zero attached hydrogens (tertiary/aromatic N) is 2. The van der Waals surface area contributed by atoms with Crippen molar-refractivity contribution in [1.29, 1.82) is 5.26 Å². The molecule has 2 nitrogen and oxygen atoms in total. The maximum atomic E-state index is 14.0. The summed E-state index contributed by atoms with van der Waals surface area (Å²) in [6, 6.07) is 14.2. The molecule has 0 aliphatic heterocycles. The van der Waals surface area contributed by atoms with Crippen LogP contribution in [0.15, 0.2) is 52.3 Å². The molecular formula is C16H8BrFN2S. The maximum Gasteiger partial charge on any atom is 0.134 e. The fourth-order valence-corrected chi connectivity index (χ4v) is 3.13. The molecule has 3 rings (SSSR count). The lowest BCUT2D eigenvalue weighted by Crippen LogP contribution is -1.85. The van der Waals surface area contributed by atoms with Gasteiger partial charge >= 0.3 is 0 Å². The number of aromatic nitrogens is 1. The molecule has 0 saturated carbocycles. The monoisotopic (exact) mass is 358 g/mol. The fraction of sp³-hybridized carbons (Fsp3) is 0. The maximum absolute atomic E-state index is 14.0. The SMILES string of the molecule is N#Cc1cccc(-c2csc(-c3ccc(Br)cc3F)n2)c1. The summed E-state index contributed by atoms with van der Waals surface area (Å²) in [4.78, 5) is 4.47. The number of halogens is 2. The largest absolute Gasteiger partial charge is 0.236 e. The first-order valence-electron chi connectivity index (χ1n) is 6.09. The van der Waals surface area contributed by atoms with E-state index in [1.54, 1.807) is 24.3 Å². The van der Waals surface area contributed by atoms with Gasteiger partial charge < -0.3 is 0 Å². The first-order valence-corrected chi connectivity index (χ1v) is 7.76. The van der Waals surface area contributed by atoms with Crippen molar-refractivity contribution < 1.29 is 4.39 Å². The van der Waals surface area contributed by atoms with Gasteiger partial charge in [0.15, 0.2) is 0 Å². The van der Waals surface area contributed by atoms with Crippen molar-refractivity contribution in [1.82, 2.24) is 4.98 Å². The first-order chi connectivity index (χ1) is 10.2. The van der Waals surface area contributed by atoms with Crippen LogP contribution in [-0.4, -0.2) is 4.98 Å². The summed E-state index contributed by atoms with van der Waals surface area (Å²) in [5.41, 5.74) is 2.66. The van der Waals surface area contributed by atoms with Gasteiger partial charge in [-0.15, -0.1) is 11.3 Å². The zero-order chi connectivity index (χ0) is 14.8. The van der Waals surface area contributed by atoms with Crippen molar-refractivity contribution in [3.8, 4) is 27.9 Å². The van der Waals surface area contributed by atoms with Crippen LogP contribution in [0.25, 0.3) is 21.8 Å². The van der Waals surface area contributed by atoms with Gasteiger partial charge in [-0.05, 0) is 30.3 Å². The van der Waals surface area contributed by atoms with Crippen molar-refractivity contribution in [2.75, 3.05) is 0 Å². The highest BCUT2D eigenvalue weighted by molar-refractivity contribution is 9.10. The molecule has 0 fully saturated rings. The molecule has 1 aromatic heterocycles. The highest BCUT2D eigenvalue weighted by atomic mass is 79.9. The molecule has 0 amide bonds. The van der Waals surface area contributed by atoms with Crippen LogP contribution in [0.5, 0.6) is 0 Å². The lowest BCUT2D eigenvalue weighted by Gasteiger charge is -2.00. The standard InChI is InChI=1S/C16H8BrFN2S/c17-12-4-5-13(14(18)7-12)16-20-15(9-21-16)11-3-1-2-10(6-11)8-19/h1-7,9H. The Hall–Kier alpha value is -2.03. The van der Waals surface area contributed by atoms with Crippen molar-refractivity contribution in [2.45, 2.75) is 0 Å². The van der Waals surface area contributed by atoms with Crippen LogP contribution in [0.3, 0.4) is 0 Å². The summed E-state index contributed by atoms with van der Waals surface area (Å²) in [6.07, 6.45) is 0. The molecule has 21 heavy (non-hydrogen) atoms. The number of nitriles is 1. The van der Waals surface area contributed by atoms with E-state index < -0.39 is 0 Å². The van der Waals surface area contributed by atoms with Crippen LogP contribution in [0.2, 0.25) is 0 Å². The van der Waals surface area contributed by atoms with Gasteiger partial charge in [0.05, 0.1) is 17.3 Å². The fourth-order valence-electron chi connectivity index (χ4n) is 1.94. The second-order valence-corrected chi connectivity index (χ2v) is 6.13. The van der Waals surface area contributed by atoms with Crippen LogP contribution in [0.4, 0.5) is 4.39 Å². The van der Waals surface area contributed by atoms with Gasteiger partial charge in [0.1, 0.15) is 10.8 Å². The normalized spacial score (nSPS) is 10.3. The third-order valence-electron chi connectivity index (χ3n) is 2.95. The molecule has 0 aliphatic carbocycles. The van der Waals surface area contributed by atoms with Crippen molar-refractivity contribution in [2.24, 2.45) is 0 Å². The highest BCUT2D eigenvalue weighted by Crippen LogP contribution is 2.31. The van der Waals surface area contributed by atoms with Crippen molar-refractivity contribution >= 4 is 27.3 Å². The molecule has 1 heterocycles. The van der Waals surface area contributed by atoms with E-state index >= 15 is 0 Å². The van der Waals surface area contributed by atoms with Crippen LogP contribution >= 0.6 is 27.3 Å². The third-order valence-corrected chi connectivity index (χ3v) is 4.32. The molecule has 3 aromatic rings. The van der Waals surface area contributed by atoms with Gasteiger partial charge in [0, 0.05) is 21.0 Å². The van der Waals surface area contributed by atoms with E-state index in [9.17, 15) is 4.39 Å². The average molecular weight is 359 g/mol. The predicted octanol–water partition coefficient (Wildman–Crippen LogP) is 5.25. The van der Waals surface area contributed by atoms with E-state index in [2.05, 4.69) is 27.0 Å². The molecule has 0 N–H and O–H groups in total. The molecule has 0 bridgehead atoms. The van der Waals surface area contributed by atoms with Gasteiger partial charge in [-0.1, -0.05) is 28.1 Å². The minimum atomic E-state index is -0.309. The van der Waals surface area contributed by atoms with E-state index in [1.807, 2.05) is 17.5 Å². The number of hydrogen-bond donors (Lipinski definition) is 0. The number of hydrogen-bond acceptors (Lipinski definition) is 3. The quantitative estimate of drug-likeness (QED) is 0.627. The minimum absolute atomic E-state index is 0.309. The lowest BCUT2D eigenvalue weighted by atomic mass is 10.1. The van der Waals surface area contributed by atoms with Crippen LogP contribution in [-0.2, 0) is 0 Å². The Kier molecular flexibility index (Phi) is 3.82. The average Bonchev–Trinajstić information content (AvgIpc) is 2.97. The van der Waals surface area contributed by atoms with Crippen LogP contribution in [0.1, 0.15) is 5.56 Å². The Morgan fingerprint density at radius 1 is 1.19 bits per heavy atom. The molecule has 0 unspecified atom stereocenters. The van der Waals surface area contributed by atoms with Gasteiger partial charge in [-0.3, -0.25) is 0 Å². The summed E-state index contributed by atoms with van der Waals surface area (Å²) in [7, 11) is 0. The number of rotatable bonds is 2. The molecule has 102 valence electrons. The van der Waals surface area contributed by atoms with Gasteiger partial charge in [0.25, 0.3) is 0 Å². The zero-order valence-electron chi connectivity index (χ0n) is 10.7. The Bertz CT molecular complexity index is 851. The van der Waals surface area contributed by atoms with Crippen LogP contribution < -0.4 is 0 Å². The van der Waals surface area contributed by atoms with Crippen LogP contribution in [0, 0.1) is 17.1 Å². The predicted molar refractivity (Wildman–Crippen MR) is 85.4 cm³/mol. The Morgan fingerprint density at radius 3 is 2.81 bits per heavy atom. The van der Waals surface area contributed by atoms with Crippen molar-refractivity contribution in [3.63, 3.8) is 0 Å². The Labute approximate surface area is 133 Å². The highest BCUT2D eigenvalue weighted by Gasteiger charge is 2.11. The summed E-state index contributed by atoms with van der Waals surface area (Å²) in [5, 5.41) is 11.4. The second-order valence-electron chi connectivity index (χ2n) is 4.35. The lowest BCUT2D eigenvalue weighted by molar-refractivity contribution is 0.630. The number of benzene rings is 2. The molecular weight excluding hydrogens is 351 g/mol. The Morgan fingerprint density at radius 2 is 2.05 bits per heavy atom. The summed E-state index contributed by atoms with van der Waals surface area (Å²) < 4.78 is 14.7. The molecule has 2 aromatic carbocycles. The molecule has 0 atom stereocenters. The topological polar surface area (TPSA) is 36.7 Å². The van der Waals surface area contributed by atoms with Gasteiger partial charge in [0.2, 0.25) is 0 Å². The smallest absolute Gasteiger partial charge is 0.134 e. The van der Waals surface area contributed by atoms with Crippen molar-refractivity contribution in [3.05, 3.63) is 63.7 Å². The molecule has 0 saturated heterocycles. The summed E-state index contributed by atoms with van der Waals surface area (Å²) >= 11 is 4.62. The van der Waals surface area contributed by atoms with Gasteiger partial charge in [-0.25, -0.2) is 9.37 Å². The van der Waals surface area contributed by atoms with E-state index in [-0.39, 0.29) is 5.82 Å². The molecule has 0 aliphatic rings. The first kappa shape index (κ1) is 13.9. The molecule has 0 spiro atoms. The second kappa shape index (κ2) is 5.76. The summed E-state index contributed by atoms with van der Waals surface area (Å²) in [5.74, 6) is -0.309. The molecule has 5 heteroatoms. The number of thiazole rings is 1. The van der Waals surface area contributed by atoms with E-state index in [1.165, 1.54) is 17.4 Å². The van der Waals surface area contributed by atoms with E-state index in [0.29, 0.717) is 20.6 Å². The minimum Gasteiger partial charge on any atom is -0.236 e. The summed E-state index contributed by atoms with van der Waals surface area (Å²) in [6.45, 7) is 0.